The van der Waals surface area contributed by atoms with E-state index in [4.69, 9.17) is 0 Å². The van der Waals surface area contributed by atoms with Crippen LogP contribution in [-0.2, 0) is 10.2 Å². The van der Waals surface area contributed by atoms with Gasteiger partial charge in [-0.2, -0.15) is 17.4 Å². The number of hydrogen-bond donors (Lipinski definition) is 1. The first-order valence-corrected chi connectivity index (χ1v) is 8.42. The lowest BCUT2D eigenvalue weighted by molar-refractivity contribution is 0.133. The van der Waals surface area contributed by atoms with Crippen molar-refractivity contribution >= 4 is 10.2 Å². The van der Waals surface area contributed by atoms with Crippen LogP contribution < -0.4 is 4.72 Å². The molecule has 104 valence electrons. The molecule has 2 atom stereocenters. The minimum absolute atomic E-state index is 0.171. The summed E-state index contributed by atoms with van der Waals surface area (Å²) in [5.74, 6) is 0. The van der Waals surface area contributed by atoms with Crippen LogP contribution in [0.25, 0.3) is 0 Å². The smallest absolute Gasteiger partial charge is 0.199 e. The Morgan fingerprint density at radius 3 is 2.44 bits per heavy atom. The molecule has 0 spiro atoms. The van der Waals surface area contributed by atoms with Crippen molar-refractivity contribution in [2.24, 2.45) is 10.8 Å². The van der Waals surface area contributed by atoms with Crippen molar-refractivity contribution < 1.29 is 8.42 Å². The van der Waals surface area contributed by atoms with Crippen LogP contribution in [0.5, 0.6) is 0 Å². The van der Waals surface area contributed by atoms with Crippen LogP contribution in [0.4, 0.5) is 0 Å². The Hall–Kier alpha value is -0.130. The van der Waals surface area contributed by atoms with E-state index in [1.807, 2.05) is 0 Å². The van der Waals surface area contributed by atoms with E-state index in [0.29, 0.717) is 6.54 Å². The fourth-order valence-electron chi connectivity index (χ4n) is 4.17. The summed E-state index contributed by atoms with van der Waals surface area (Å²) in [5.41, 5.74) is 0.437. The second-order valence-electron chi connectivity index (χ2n) is 7.66. The molecular weight excluding hydrogens is 248 g/mol. The molecule has 5 heteroatoms. The molecule has 3 rings (SSSR count). The highest BCUT2D eigenvalue weighted by atomic mass is 32.2. The average molecular weight is 272 g/mol. The third kappa shape index (κ3) is 2.32. The molecule has 0 aromatic rings. The number of hydrogen-bond acceptors (Lipinski definition) is 2. The van der Waals surface area contributed by atoms with Gasteiger partial charge in [-0.1, -0.05) is 20.8 Å². The van der Waals surface area contributed by atoms with Gasteiger partial charge in [0.15, 0.2) is 0 Å². The lowest BCUT2D eigenvalue weighted by Crippen LogP contribution is -2.44. The zero-order valence-corrected chi connectivity index (χ0v) is 12.4. The average Bonchev–Trinajstić information content (AvgIpc) is 2.89. The highest BCUT2D eigenvalue weighted by molar-refractivity contribution is 7.87. The Labute approximate surface area is 110 Å². The van der Waals surface area contributed by atoms with Gasteiger partial charge in [0.25, 0.3) is 10.2 Å². The Morgan fingerprint density at radius 1 is 1.17 bits per heavy atom. The minimum atomic E-state index is -3.26. The Morgan fingerprint density at radius 2 is 1.83 bits per heavy atom. The van der Waals surface area contributed by atoms with E-state index in [1.165, 1.54) is 0 Å². The number of nitrogens with one attached hydrogen (secondary N) is 1. The van der Waals surface area contributed by atoms with Crippen molar-refractivity contribution in [1.82, 2.24) is 9.03 Å². The molecule has 0 radical (unpaired) electrons. The summed E-state index contributed by atoms with van der Waals surface area (Å²) in [4.78, 5) is 0. The summed E-state index contributed by atoms with van der Waals surface area (Å²) in [5, 5.41) is 0. The first-order valence-electron chi connectivity index (χ1n) is 6.98. The van der Waals surface area contributed by atoms with Gasteiger partial charge in [-0.3, -0.25) is 0 Å². The Balaban J connectivity index is 1.82. The van der Waals surface area contributed by atoms with E-state index >= 15 is 0 Å². The molecule has 0 amide bonds. The molecule has 2 unspecified atom stereocenters. The quantitative estimate of drug-likeness (QED) is 0.853. The van der Waals surface area contributed by atoms with Crippen molar-refractivity contribution in [3.63, 3.8) is 0 Å². The molecule has 2 aliphatic carbocycles. The van der Waals surface area contributed by atoms with Gasteiger partial charge in [-0.15, -0.1) is 0 Å². The molecule has 3 fully saturated rings. The van der Waals surface area contributed by atoms with Crippen molar-refractivity contribution in [3.05, 3.63) is 0 Å². The van der Waals surface area contributed by atoms with E-state index in [-0.39, 0.29) is 22.9 Å². The van der Waals surface area contributed by atoms with Gasteiger partial charge in [0, 0.05) is 18.6 Å². The van der Waals surface area contributed by atoms with Gasteiger partial charge in [0.2, 0.25) is 0 Å². The molecule has 1 aliphatic heterocycles. The molecule has 1 N–H and O–H groups in total. The maximum atomic E-state index is 12.4. The topological polar surface area (TPSA) is 49.4 Å². The fraction of sp³-hybridized carbons (Fsp3) is 1.00. The molecule has 4 nitrogen and oxygen atoms in total. The van der Waals surface area contributed by atoms with Crippen LogP contribution in [0.15, 0.2) is 0 Å². The van der Waals surface area contributed by atoms with Gasteiger partial charge in [0.1, 0.15) is 0 Å². The van der Waals surface area contributed by atoms with Crippen molar-refractivity contribution in [2.45, 2.75) is 65.0 Å². The van der Waals surface area contributed by atoms with Crippen LogP contribution >= 0.6 is 0 Å². The lowest BCUT2D eigenvalue weighted by Gasteiger charge is -2.39. The predicted molar refractivity (Wildman–Crippen MR) is 71.3 cm³/mol. The summed E-state index contributed by atoms with van der Waals surface area (Å²) in [7, 11) is -3.26. The number of fused-ring (bicyclic) bond motifs is 2. The second-order valence-corrected chi connectivity index (χ2v) is 9.31. The van der Waals surface area contributed by atoms with Gasteiger partial charge in [-0.25, -0.2) is 0 Å². The van der Waals surface area contributed by atoms with Crippen LogP contribution in [0, 0.1) is 10.8 Å². The van der Waals surface area contributed by atoms with Crippen molar-refractivity contribution in [2.75, 3.05) is 6.54 Å². The summed E-state index contributed by atoms with van der Waals surface area (Å²) in [6.07, 6.45) is 5.16. The summed E-state index contributed by atoms with van der Waals surface area (Å²) >= 11 is 0. The van der Waals surface area contributed by atoms with E-state index in [1.54, 1.807) is 4.31 Å². The summed E-state index contributed by atoms with van der Waals surface area (Å²) in [6.45, 7) is 7.47. The largest absolute Gasteiger partial charge is 0.279 e. The fourth-order valence-corrected chi connectivity index (χ4v) is 5.98. The van der Waals surface area contributed by atoms with Crippen LogP contribution in [0.3, 0.4) is 0 Å². The number of rotatable bonds is 3. The van der Waals surface area contributed by atoms with Gasteiger partial charge in [0.05, 0.1) is 0 Å². The van der Waals surface area contributed by atoms with Crippen molar-refractivity contribution in [1.29, 1.82) is 0 Å². The minimum Gasteiger partial charge on any atom is -0.199 e. The molecule has 18 heavy (non-hydrogen) atoms. The van der Waals surface area contributed by atoms with Gasteiger partial charge in [-0.05, 0) is 42.9 Å². The van der Waals surface area contributed by atoms with E-state index in [0.717, 1.165) is 32.1 Å². The Kier molecular flexibility index (Phi) is 2.65. The third-order valence-corrected chi connectivity index (χ3v) is 6.24. The van der Waals surface area contributed by atoms with Crippen LogP contribution in [0.1, 0.15) is 52.9 Å². The normalized spacial score (nSPS) is 40.1. The molecule has 2 bridgehead atoms. The van der Waals surface area contributed by atoms with E-state index in [9.17, 15) is 8.42 Å². The summed E-state index contributed by atoms with van der Waals surface area (Å²) < 4.78 is 29.4. The molecular formula is C13H24N2O2S. The first kappa shape index (κ1) is 12.9. The Bertz CT molecular complexity index is 456. The monoisotopic (exact) mass is 272 g/mol. The van der Waals surface area contributed by atoms with Crippen LogP contribution in [-0.4, -0.2) is 31.4 Å². The third-order valence-electron chi connectivity index (χ3n) is 4.57. The van der Waals surface area contributed by atoms with Crippen LogP contribution in [0.2, 0.25) is 0 Å². The first-order chi connectivity index (χ1) is 8.19. The van der Waals surface area contributed by atoms with E-state index < -0.39 is 10.2 Å². The molecule has 1 heterocycles. The zero-order chi connectivity index (χ0) is 13.2. The molecule has 3 aliphatic rings. The predicted octanol–water partition coefficient (Wildman–Crippen LogP) is 1.88. The van der Waals surface area contributed by atoms with E-state index in [2.05, 4.69) is 25.5 Å². The standard InChI is InChI=1S/C13H24N2O2S/c1-12(2)6-11-7-13(3,8-12)9-15(11)18(16,17)14-10-4-5-10/h10-11,14H,4-9H2,1-3H3. The SMILES string of the molecule is CC1(C)CC2CC(C)(CN2S(=O)(=O)NC2CC2)C1. The van der Waals surface area contributed by atoms with Gasteiger partial charge >= 0.3 is 0 Å². The molecule has 0 aromatic carbocycles. The van der Waals surface area contributed by atoms with Crippen molar-refractivity contribution in [3.8, 4) is 0 Å². The highest BCUT2D eigenvalue weighted by Crippen LogP contribution is 2.53. The summed E-state index contributed by atoms with van der Waals surface area (Å²) in [6, 6.07) is 0.409. The van der Waals surface area contributed by atoms with Gasteiger partial charge < -0.3 is 0 Å². The second kappa shape index (κ2) is 3.70. The maximum absolute atomic E-state index is 12.4. The maximum Gasteiger partial charge on any atom is 0.279 e. The highest BCUT2D eigenvalue weighted by Gasteiger charge is 2.53. The molecule has 2 saturated carbocycles. The molecule has 1 saturated heterocycles. The molecule has 0 aromatic heterocycles. The zero-order valence-electron chi connectivity index (χ0n) is 11.6. The number of nitrogens with zero attached hydrogens (tertiary/aromatic N) is 1. The lowest BCUT2D eigenvalue weighted by atomic mass is 9.65.